The molecule has 8 nitrogen and oxygen atoms in total. The molecular weight excluding hydrogens is 254 g/mol. The summed E-state index contributed by atoms with van der Waals surface area (Å²) in [6, 6.07) is 0. The Kier molecular flexibility index (Phi) is 2.10. The molecule has 3 rings (SSSR count). The highest BCUT2D eigenvalue weighted by Crippen LogP contribution is 2.29. The Bertz CT molecular complexity index is 799. The minimum Gasteiger partial charge on any atom is -0.375 e. The van der Waals surface area contributed by atoms with E-state index in [0.29, 0.717) is 11.0 Å². The first-order valence-corrected chi connectivity index (χ1v) is 5.85. The summed E-state index contributed by atoms with van der Waals surface area (Å²) in [4.78, 5) is 30.0. The number of thiazole rings is 1. The molecule has 0 saturated carbocycles. The average molecular weight is 263 g/mol. The summed E-state index contributed by atoms with van der Waals surface area (Å²) >= 11 is 1.29. The molecule has 3 heterocycles. The molecule has 0 bridgehead atoms. The summed E-state index contributed by atoms with van der Waals surface area (Å²) in [5.41, 5.74) is 12.0. The molecule has 0 aliphatic rings. The van der Waals surface area contributed by atoms with Crippen LogP contribution in [0.15, 0.2) is 4.79 Å². The van der Waals surface area contributed by atoms with Gasteiger partial charge in [-0.1, -0.05) is 11.3 Å². The molecule has 0 unspecified atom stereocenters. The van der Waals surface area contributed by atoms with Crippen LogP contribution in [0.25, 0.3) is 21.9 Å². The normalized spacial score (nSPS) is 11.2. The number of H-pyrrole nitrogens is 2. The van der Waals surface area contributed by atoms with Crippen molar-refractivity contribution in [2.24, 2.45) is 0 Å². The molecule has 0 amide bonds. The van der Waals surface area contributed by atoms with Crippen molar-refractivity contribution in [2.45, 2.75) is 6.92 Å². The van der Waals surface area contributed by atoms with E-state index in [1.54, 1.807) is 0 Å². The Morgan fingerprint density at radius 1 is 1.17 bits per heavy atom. The van der Waals surface area contributed by atoms with E-state index in [1.165, 1.54) is 11.3 Å². The molecule has 0 aromatic carbocycles. The molecule has 3 aromatic rings. The zero-order chi connectivity index (χ0) is 12.9. The van der Waals surface area contributed by atoms with Crippen molar-refractivity contribution in [1.82, 2.24) is 24.9 Å². The second-order valence-corrected chi connectivity index (χ2v) is 4.73. The molecule has 18 heavy (non-hydrogen) atoms. The van der Waals surface area contributed by atoms with E-state index in [2.05, 4.69) is 24.9 Å². The predicted molar refractivity (Wildman–Crippen MR) is 69.2 cm³/mol. The molecule has 0 radical (unpaired) electrons. The quantitative estimate of drug-likeness (QED) is 0.496. The number of nitrogens with two attached hydrogens (primary N) is 2. The number of nitrogen functional groups attached to an aromatic ring is 2. The third-order valence-corrected chi connectivity index (χ3v) is 3.40. The summed E-state index contributed by atoms with van der Waals surface area (Å²) in [6.45, 7) is 1.82. The maximum absolute atomic E-state index is 11.7. The number of hydrogen-bond donors (Lipinski definition) is 4. The van der Waals surface area contributed by atoms with E-state index < -0.39 is 0 Å². The molecule has 0 fully saturated rings. The fourth-order valence-electron chi connectivity index (χ4n) is 1.67. The lowest BCUT2D eigenvalue weighted by molar-refractivity contribution is 1.17. The average Bonchev–Trinajstić information content (AvgIpc) is 2.81. The fourth-order valence-corrected chi connectivity index (χ4v) is 2.45. The van der Waals surface area contributed by atoms with E-state index in [1.807, 2.05) is 6.92 Å². The summed E-state index contributed by atoms with van der Waals surface area (Å²) in [6.07, 6.45) is 0. The lowest BCUT2D eigenvalue weighted by Crippen LogP contribution is -2.10. The van der Waals surface area contributed by atoms with Gasteiger partial charge in [0, 0.05) is 0 Å². The van der Waals surface area contributed by atoms with Gasteiger partial charge in [0.2, 0.25) is 5.95 Å². The van der Waals surface area contributed by atoms with Crippen LogP contribution >= 0.6 is 11.3 Å². The minimum atomic E-state index is -0.355. The van der Waals surface area contributed by atoms with Gasteiger partial charge in [-0.25, -0.2) is 9.97 Å². The number of anilines is 2. The standard InChI is InChI=1S/C9H9N7OS/c1-2-4(18-9(11)12-2)6-13-3-5(14-6)15-8(10)16-7(3)17/h1H3,(H2,11,12)(H4,10,13,14,15,16,17). The minimum absolute atomic E-state index is 0.0334. The van der Waals surface area contributed by atoms with E-state index >= 15 is 0 Å². The number of aryl methyl sites for hydroxylation is 1. The van der Waals surface area contributed by atoms with Gasteiger partial charge in [-0.05, 0) is 6.92 Å². The van der Waals surface area contributed by atoms with E-state index in [0.717, 1.165) is 10.6 Å². The van der Waals surface area contributed by atoms with Gasteiger partial charge in [-0.15, -0.1) is 0 Å². The first kappa shape index (κ1) is 10.7. The van der Waals surface area contributed by atoms with Crippen LogP contribution in [0, 0.1) is 6.92 Å². The van der Waals surface area contributed by atoms with Crippen molar-refractivity contribution in [2.75, 3.05) is 11.5 Å². The fraction of sp³-hybridized carbons (Fsp3) is 0.111. The SMILES string of the molecule is Cc1nc(N)sc1-c1nc2nc(N)[nH]c(=O)c2[nH]1. The van der Waals surface area contributed by atoms with Crippen molar-refractivity contribution in [3.05, 3.63) is 16.0 Å². The maximum atomic E-state index is 11.7. The van der Waals surface area contributed by atoms with Crippen molar-refractivity contribution in [3.63, 3.8) is 0 Å². The van der Waals surface area contributed by atoms with Gasteiger partial charge in [-0.3, -0.25) is 9.78 Å². The maximum Gasteiger partial charge on any atom is 0.278 e. The number of hydrogen-bond acceptors (Lipinski definition) is 7. The second-order valence-electron chi connectivity index (χ2n) is 3.70. The van der Waals surface area contributed by atoms with Crippen molar-refractivity contribution in [3.8, 4) is 10.7 Å². The van der Waals surface area contributed by atoms with Crippen LogP contribution in [0.3, 0.4) is 0 Å². The molecule has 0 saturated heterocycles. The van der Waals surface area contributed by atoms with Gasteiger partial charge in [0.05, 0.1) is 10.6 Å². The molecule has 3 aromatic heterocycles. The smallest absolute Gasteiger partial charge is 0.278 e. The van der Waals surface area contributed by atoms with Gasteiger partial charge in [0.15, 0.2) is 22.1 Å². The van der Waals surface area contributed by atoms with E-state index in [9.17, 15) is 4.79 Å². The third-order valence-electron chi connectivity index (χ3n) is 2.41. The van der Waals surface area contributed by atoms with Crippen LogP contribution in [0.2, 0.25) is 0 Å². The number of imidazole rings is 1. The topological polar surface area (TPSA) is 139 Å². The Balaban J connectivity index is 2.29. The number of aromatic nitrogens is 5. The number of fused-ring (bicyclic) bond motifs is 1. The van der Waals surface area contributed by atoms with Crippen molar-refractivity contribution >= 4 is 33.6 Å². The van der Waals surface area contributed by atoms with Crippen molar-refractivity contribution in [1.29, 1.82) is 0 Å². The van der Waals surface area contributed by atoms with Gasteiger partial charge in [0.25, 0.3) is 5.56 Å². The zero-order valence-corrected chi connectivity index (χ0v) is 10.1. The monoisotopic (exact) mass is 263 g/mol. The van der Waals surface area contributed by atoms with Crippen LogP contribution in [-0.2, 0) is 0 Å². The van der Waals surface area contributed by atoms with Crippen LogP contribution in [0.5, 0.6) is 0 Å². The molecular formula is C9H9N7OS. The molecule has 0 aliphatic carbocycles. The number of aromatic amines is 2. The summed E-state index contributed by atoms with van der Waals surface area (Å²) < 4.78 is 0. The van der Waals surface area contributed by atoms with E-state index in [4.69, 9.17) is 11.5 Å². The molecule has 0 spiro atoms. The molecule has 9 heteroatoms. The van der Waals surface area contributed by atoms with E-state index in [-0.39, 0.29) is 22.7 Å². The first-order valence-electron chi connectivity index (χ1n) is 5.03. The van der Waals surface area contributed by atoms with Gasteiger partial charge in [-0.2, -0.15) is 4.98 Å². The second kappa shape index (κ2) is 3.53. The van der Waals surface area contributed by atoms with Crippen LogP contribution in [0.4, 0.5) is 11.1 Å². The highest BCUT2D eigenvalue weighted by Gasteiger charge is 2.14. The zero-order valence-electron chi connectivity index (χ0n) is 9.31. The highest BCUT2D eigenvalue weighted by atomic mass is 32.1. The van der Waals surface area contributed by atoms with Crippen molar-refractivity contribution < 1.29 is 0 Å². The van der Waals surface area contributed by atoms with Gasteiger partial charge >= 0.3 is 0 Å². The molecule has 0 aliphatic heterocycles. The largest absolute Gasteiger partial charge is 0.375 e. The van der Waals surface area contributed by atoms with Crippen LogP contribution in [0.1, 0.15) is 5.69 Å². The Morgan fingerprint density at radius 2 is 1.94 bits per heavy atom. The Morgan fingerprint density at radius 3 is 2.61 bits per heavy atom. The molecule has 0 atom stereocenters. The summed E-state index contributed by atoms with van der Waals surface area (Å²) in [5.74, 6) is 0.548. The predicted octanol–water partition coefficient (Wildman–Crippen LogP) is 0.243. The summed E-state index contributed by atoms with van der Waals surface area (Å²) in [5, 5.41) is 0.448. The lowest BCUT2D eigenvalue weighted by Gasteiger charge is -1.89. The number of nitrogens with one attached hydrogen (secondary N) is 2. The number of nitrogens with zero attached hydrogens (tertiary/aromatic N) is 3. The summed E-state index contributed by atoms with van der Waals surface area (Å²) in [7, 11) is 0. The Labute approximate surface area is 104 Å². The lowest BCUT2D eigenvalue weighted by atomic mass is 10.4. The van der Waals surface area contributed by atoms with Gasteiger partial charge < -0.3 is 16.5 Å². The molecule has 92 valence electrons. The van der Waals surface area contributed by atoms with Crippen LogP contribution < -0.4 is 17.0 Å². The highest BCUT2D eigenvalue weighted by molar-refractivity contribution is 7.18. The Hall–Kier alpha value is -2.42. The number of rotatable bonds is 1. The third kappa shape index (κ3) is 1.52. The van der Waals surface area contributed by atoms with Gasteiger partial charge in [0.1, 0.15) is 0 Å². The first-order chi connectivity index (χ1) is 8.54. The molecule has 6 N–H and O–H groups in total. The van der Waals surface area contributed by atoms with Crippen LogP contribution in [-0.4, -0.2) is 24.9 Å².